The molecule has 0 unspecified atom stereocenters. The summed E-state index contributed by atoms with van der Waals surface area (Å²) in [7, 11) is 0. The fourth-order valence-corrected chi connectivity index (χ4v) is 3.98. The minimum atomic E-state index is -0.248. The normalized spacial score (nSPS) is 17.3. The molecule has 0 bridgehead atoms. The number of ether oxygens (including phenoxy) is 1. The average Bonchev–Trinajstić information content (AvgIpc) is 3.33. The molecule has 2 aliphatic rings. The molecule has 1 aromatic heterocycles. The number of carbonyl (C=O) groups excluding carboxylic acids is 1. The topological polar surface area (TPSA) is 79.2 Å². The molecule has 0 radical (unpaired) electrons. The molecular formula is C22H23N5O2S. The van der Waals surface area contributed by atoms with Gasteiger partial charge in [-0.3, -0.25) is 10.2 Å². The number of hydrogen-bond donors (Lipinski definition) is 1. The van der Waals surface area contributed by atoms with Crippen LogP contribution in [0.2, 0.25) is 0 Å². The summed E-state index contributed by atoms with van der Waals surface area (Å²) in [5, 5.41) is 13.0. The van der Waals surface area contributed by atoms with Crippen LogP contribution in [0.5, 0.6) is 5.75 Å². The van der Waals surface area contributed by atoms with E-state index in [1.165, 1.54) is 16.3 Å². The van der Waals surface area contributed by atoms with Crippen molar-refractivity contribution in [3.63, 3.8) is 0 Å². The van der Waals surface area contributed by atoms with Gasteiger partial charge in [-0.2, -0.15) is 10.2 Å². The summed E-state index contributed by atoms with van der Waals surface area (Å²) in [5.74, 6) is 0.435. The summed E-state index contributed by atoms with van der Waals surface area (Å²) in [6, 6.07) is 7.47. The highest BCUT2D eigenvalue weighted by molar-refractivity contribution is 7.09. The van der Waals surface area contributed by atoms with Crippen LogP contribution in [0.4, 0.5) is 5.69 Å². The number of para-hydroxylation sites is 2. The molecule has 2 aromatic rings. The van der Waals surface area contributed by atoms with Crippen molar-refractivity contribution in [3.05, 3.63) is 58.6 Å². The highest BCUT2D eigenvalue weighted by Gasteiger charge is 2.30. The van der Waals surface area contributed by atoms with Gasteiger partial charge in [0.15, 0.2) is 5.71 Å². The Morgan fingerprint density at radius 3 is 2.97 bits per heavy atom. The fraction of sp³-hybridized carbons (Fsp3) is 0.273. The number of allylic oxidation sites excluding steroid dienone is 4. The zero-order valence-electron chi connectivity index (χ0n) is 17.0. The standard InChI is InChI=1S/C22H23N5O2S/c1-3-29-19-12-8-7-11-17(19)24-25-21-15(2)26-27(22(21)28)13-20-23-18(14-30-20)16-9-5-4-6-10-16/h5,7-12,14,24H,3-4,6,13H2,1-2H3/b25-21+. The van der Waals surface area contributed by atoms with Gasteiger partial charge < -0.3 is 4.74 Å². The third-order valence-corrected chi connectivity index (χ3v) is 5.49. The molecule has 7 nitrogen and oxygen atoms in total. The number of aromatic nitrogens is 1. The van der Waals surface area contributed by atoms with E-state index in [1.54, 1.807) is 6.92 Å². The van der Waals surface area contributed by atoms with Crippen LogP contribution in [0.1, 0.15) is 37.4 Å². The number of amides is 1. The molecule has 1 aliphatic heterocycles. The van der Waals surface area contributed by atoms with Crippen LogP contribution < -0.4 is 10.2 Å². The first-order chi connectivity index (χ1) is 14.7. The Balaban J connectivity index is 1.45. The van der Waals surface area contributed by atoms with E-state index in [9.17, 15) is 4.79 Å². The van der Waals surface area contributed by atoms with Crippen molar-refractivity contribution in [1.29, 1.82) is 0 Å². The van der Waals surface area contributed by atoms with Gasteiger partial charge in [0.25, 0.3) is 5.91 Å². The third-order valence-electron chi connectivity index (χ3n) is 4.65. The number of nitrogens with zero attached hydrogens (tertiary/aromatic N) is 4. The number of rotatable bonds is 7. The quantitative estimate of drug-likeness (QED) is 0.670. The summed E-state index contributed by atoms with van der Waals surface area (Å²) >= 11 is 1.53. The maximum atomic E-state index is 12.8. The van der Waals surface area contributed by atoms with Gasteiger partial charge in [0.2, 0.25) is 0 Å². The Kier molecular flexibility index (Phi) is 6.04. The van der Waals surface area contributed by atoms with Crippen molar-refractivity contribution in [2.24, 2.45) is 10.2 Å². The molecule has 1 aliphatic carbocycles. The zero-order valence-corrected chi connectivity index (χ0v) is 17.8. The number of thiazole rings is 1. The molecule has 0 saturated carbocycles. The average molecular weight is 422 g/mol. The fourth-order valence-electron chi connectivity index (χ4n) is 3.19. The van der Waals surface area contributed by atoms with Crippen LogP contribution in [0.25, 0.3) is 5.57 Å². The SMILES string of the molecule is CCOc1ccccc1N/N=C1/C(=O)N(Cc2nc(C3=CCCC=C3)cs2)N=C1C. The highest BCUT2D eigenvalue weighted by atomic mass is 32.1. The molecule has 0 atom stereocenters. The van der Waals surface area contributed by atoms with Crippen molar-refractivity contribution >= 4 is 39.9 Å². The van der Waals surface area contributed by atoms with E-state index < -0.39 is 0 Å². The second-order valence-electron chi connectivity index (χ2n) is 6.82. The van der Waals surface area contributed by atoms with Crippen molar-refractivity contribution in [1.82, 2.24) is 9.99 Å². The summed E-state index contributed by atoms with van der Waals surface area (Å²) in [4.78, 5) is 17.5. The molecule has 0 saturated heterocycles. The van der Waals surface area contributed by atoms with Crippen molar-refractivity contribution in [2.45, 2.75) is 33.2 Å². The van der Waals surface area contributed by atoms with E-state index in [0.29, 0.717) is 30.3 Å². The first kappa shape index (κ1) is 20.0. The first-order valence-corrected chi connectivity index (χ1v) is 10.8. The van der Waals surface area contributed by atoms with Crippen LogP contribution in [0.15, 0.2) is 58.1 Å². The maximum Gasteiger partial charge on any atom is 0.296 e. The van der Waals surface area contributed by atoms with Crippen LogP contribution in [0.3, 0.4) is 0 Å². The van der Waals surface area contributed by atoms with Crippen LogP contribution in [-0.4, -0.2) is 33.9 Å². The first-order valence-electron chi connectivity index (χ1n) is 9.90. The number of nitrogens with one attached hydrogen (secondary N) is 1. The second kappa shape index (κ2) is 9.04. The molecule has 0 spiro atoms. The van der Waals surface area contributed by atoms with Crippen molar-refractivity contribution in [2.75, 3.05) is 12.0 Å². The van der Waals surface area contributed by atoms with Gasteiger partial charge in [-0.1, -0.05) is 30.4 Å². The molecule has 4 rings (SSSR count). The maximum absolute atomic E-state index is 12.8. The van der Waals surface area contributed by atoms with Crippen molar-refractivity contribution < 1.29 is 9.53 Å². The summed E-state index contributed by atoms with van der Waals surface area (Å²) in [6.07, 6.45) is 8.56. The largest absolute Gasteiger partial charge is 0.492 e. The van der Waals surface area contributed by atoms with E-state index in [1.807, 2.05) is 36.6 Å². The monoisotopic (exact) mass is 421 g/mol. The zero-order chi connectivity index (χ0) is 20.9. The van der Waals surface area contributed by atoms with Gasteiger partial charge in [-0.25, -0.2) is 9.99 Å². The van der Waals surface area contributed by atoms with Gasteiger partial charge in [0.05, 0.1) is 30.2 Å². The van der Waals surface area contributed by atoms with Gasteiger partial charge in [-0.15, -0.1) is 11.3 Å². The number of anilines is 1. The predicted molar refractivity (Wildman–Crippen MR) is 121 cm³/mol. The Hall–Kier alpha value is -3.26. The summed E-state index contributed by atoms with van der Waals surface area (Å²) in [6.45, 7) is 4.57. The molecule has 30 heavy (non-hydrogen) atoms. The summed E-state index contributed by atoms with van der Waals surface area (Å²) < 4.78 is 5.58. The van der Waals surface area contributed by atoms with Crippen LogP contribution >= 0.6 is 11.3 Å². The Morgan fingerprint density at radius 2 is 2.17 bits per heavy atom. The lowest BCUT2D eigenvalue weighted by atomic mass is 10.1. The molecule has 1 amide bonds. The molecule has 1 N–H and O–H groups in total. The number of hydrazone groups is 2. The molecule has 154 valence electrons. The lowest BCUT2D eigenvalue weighted by molar-refractivity contribution is -0.123. The Labute approximate surface area is 179 Å². The van der Waals surface area contributed by atoms with E-state index in [4.69, 9.17) is 4.74 Å². The van der Waals surface area contributed by atoms with Gasteiger partial charge in [-0.05, 0) is 44.4 Å². The second-order valence-corrected chi connectivity index (χ2v) is 7.76. The molecule has 8 heteroatoms. The van der Waals surface area contributed by atoms with E-state index in [2.05, 4.69) is 38.8 Å². The highest BCUT2D eigenvalue weighted by Crippen LogP contribution is 2.25. The summed E-state index contributed by atoms with van der Waals surface area (Å²) in [5.41, 5.74) is 6.57. The lowest BCUT2D eigenvalue weighted by Crippen LogP contribution is -2.27. The molecular weight excluding hydrogens is 398 g/mol. The van der Waals surface area contributed by atoms with Crippen molar-refractivity contribution in [3.8, 4) is 5.75 Å². The minimum Gasteiger partial charge on any atom is -0.492 e. The van der Waals surface area contributed by atoms with Gasteiger partial charge in [0, 0.05) is 5.38 Å². The van der Waals surface area contributed by atoms with Gasteiger partial charge >= 0.3 is 0 Å². The number of hydrogen-bond acceptors (Lipinski definition) is 7. The molecule has 0 fully saturated rings. The third kappa shape index (κ3) is 4.33. The number of carbonyl (C=O) groups is 1. The smallest absolute Gasteiger partial charge is 0.296 e. The molecule has 2 heterocycles. The van der Waals surface area contributed by atoms with Crippen LogP contribution in [-0.2, 0) is 11.3 Å². The van der Waals surface area contributed by atoms with Crippen LogP contribution in [0, 0.1) is 0 Å². The predicted octanol–water partition coefficient (Wildman–Crippen LogP) is 4.46. The Bertz CT molecular complexity index is 1070. The number of benzene rings is 1. The lowest BCUT2D eigenvalue weighted by Gasteiger charge is -2.10. The van der Waals surface area contributed by atoms with E-state index in [0.717, 1.165) is 29.1 Å². The molecule has 1 aromatic carbocycles. The van der Waals surface area contributed by atoms with E-state index in [-0.39, 0.29) is 11.6 Å². The van der Waals surface area contributed by atoms with Gasteiger partial charge in [0.1, 0.15) is 10.8 Å². The Morgan fingerprint density at radius 1 is 1.30 bits per heavy atom. The minimum absolute atomic E-state index is 0.248. The van der Waals surface area contributed by atoms with E-state index >= 15 is 0 Å².